The molecule has 0 saturated heterocycles. The first kappa shape index (κ1) is 6.91. The van der Waals surface area contributed by atoms with Gasteiger partial charge in [-0.3, -0.25) is 0 Å². The van der Waals surface area contributed by atoms with Crippen molar-refractivity contribution in [2.45, 2.75) is 32.7 Å². The highest BCUT2D eigenvalue weighted by molar-refractivity contribution is 7.78. The van der Waals surface area contributed by atoms with Gasteiger partial charge in [0, 0.05) is 0 Å². The summed E-state index contributed by atoms with van der Waals surface area (Å²) >= 11 is 4.49. The van der Waals surface area contributed by atoms with Crippen LogP contribution in [-0.2, 0) is 0 Å². The van der Waals surface area contributed by atoms with E-state index in [1.807, 2.05) is 0 Å². The van der Waals surface area contributed by atoms with E-state index in [9.17, 15) is 0 Å². The molecule has 0 unspecified atom stereocenters. The van der Waals surface area contributed by atoms with Crippen LogP contribution >= 0.6 is 12.2 Å². The van der Waals surface area contributed by atoms with Crippen LogP contribution in [0.1, 0.15) is 26.7 Å². The molecule has 0 bridgehead atoms. The van der Waals surface area contributed by atoms with E-state index < -0.39 is 0 Å². The first-order valence-electron chi connectivity index (χ1n) is 3.21. The summed E-state index contributed by atoms with van der Waals surface area (Å²) in [4.78, 5) is 3.99. The first-order valence-corrected chi connectivity index (χ1v) is 3.62. The highest BCUT2D eigenvalue weighted by Crippen LogP contribution is 2.41. The van der Waals surface area contributed by atoms with Crippen molar-refractivity contribution in [1.82, 2.24) is 0 Å². The van der Waals surface area contributed by atoms with Gasteiger partial charge in [0.05, 0.1) is 11.2 Å². The fraction of sp³-hybridized carbons (Fsp3) is 0.857. The molecule has 1 aliphatic carbocycles. The predicted molar refractivity (Wildman–Crippen MR) is 41.8 cm³/mol. The molecule has 50 valence electrons. The monoisotopic (exact) mass is 141 g/mol. The maximum atomic E-state index is 4.49. The van der Waals surface area contributed by atoms with Crippen molar-refractivity contribution in [1.29, 1.82) is 0 Å². The van der Waals surface area contributed by atoms with E-state index in [0.717, 1.165) is 0 Å². The summed E-state index contributed by atoms with van der Waals surface area (Å²) < 4.78 is 0. The molecular formula is C7H11NS. The normalized spacial score (nSPS) is 24.2. The molecule has 0 aromatic rings. The van der Waals surface area contributed by atoms with Crippen LogP contribution in [0, 0.1) is 5.41 Å². The van der Waals surface area contributed by atoms with E-state index in [1.165, 1.54) is 12.8 Å². The van der Waals surface area contributed by atoms with Gasteiger partial charge in [-0.15, -0.1) is 0 Å². The number of hydrogen-bond donors (Lipinski definition) is 0. The van der Waals surface area contributed by atoms with Crippen LogP contribution in [0.2, 0.25) is 0 Å². The number of thiocarbonyl (C=S) groups is 1. The maximum Gasteiger partial charge on any atom is 0.0613 e. The lowest BCUT2D eigenvalue weighted by Crippen LogP contribution is -2.34. The number of isothiocyanates is 1. The molecule has 0 N–H and O–H groups in total. The van der Waals surface area contributed by atoms with Gasteiger partial charge in [-0.05, 0) is 30.5 Å². The molecule has 2 heteroatoms. The van der Waals surface area contributed by atoms with E-state index >= 15 is 0 Å². The second-order valence-electron chi connectivity index (χ2n) is 3.45. The maximum absolute atomic E-state index is 4.49. The second-order valence-corrected chi connectivity index (χ2v) is 3.63. The van der Waals surface area contributed by atoms with Crippen molar-refractivity contribution in [3.05, 3.63) is 0 Å². The van der Waals surface area contributed by atoms with Gasteiger partial charge in [0.2, 0.25) is 0 Å². The Bertz CT molecular complexity index is 148. The Morgan fingerprint density at radius 2 is 2.11 bits per heavy atom. The molecule has 1 rings (SSSR count). The third-order valence-electron chi connectivity index (χ3n) is 1.81. The lowest BCUT2D eigenvalue weighted by Gasteiger charge is -2.39. The quantitative estimate of drug-likeness (QED) is 0.403. The molecule has 1 nitrogen and oxygen atoms in total. The van der Waals surface area contributed by atoms with Gasteiger partial charge < -0.3 is 0 Å². The van der Waals surface area contributed by atoms with Gasteiger partial charge >= 0.3 is 0 Å². The third-order valence-corrected chi connectivity index (χ3v) is 1.92. The van der Waals surface area contributed by atoms with E-state index in [1.54, 1.807) is 0 Å². The largest absolute Gasteiger partial charge is 0.229 e. The molecule has 9 heavy (non-hydrogen) atoms. The lowest BCUT2D eigenvalue weighted by atomic mass is 9.69. The molecule has 1 saturated carbocycles. The Labute approximate surface area is 61.2 Å². The standard InChI is InChI=1S/C7H11NS/c1-7(2)3-6(4-7)8-5-9/h6H,3-4H2,1-2H3. The first-order chi connectivity index (χ1) is 4.14. The average molecular weight is 141 g/mol. The van der Waals surface area contributed by atoms with Gasteiger partial charge in [0.25, 0.3) is 0 Å². The van der Waals surface area contributed by atoms with Crippen molar-refractivity contribution >= 4 is 17.4 Å². The van der Waals surface area contributed by atoms with E-state index in [0.29, 0.717) is 11.5 Å². The van der Waals surface area contributed by atoms with Crippen LogP contribution < -0.4 is 0 Å². The fourth-order valence-electron chi connectivity index (χ4n) is 1.38. The zero-order valence-electron chi connectivity index (χ0n) is 5.85. The van der Waals surface area contributed by atoms with E-state index in [-0.39, 0.29) is 0 Å². The minimum absolute atomic E-state index is 0.484. The van der Waals surface area contributed by atoms with Crippen LogP contribution in [0.5, 0.6) is 0 Å². The molecule has 1 aliphatic rings. The Balaban J connectivity index is 2.35. The zero-order valence-corrected chi connectivity index (χ0v) is 6.66. The summed E-state index contributed by atoms with van der Waals surface area (Å²) in [5, 5.41) is 2.42. The SMILES string of the molecule is CC1(C)CC(N=C=S)C1. The topological polar surface area (TPSA) is 12.4 Å². The summed E-state index contributed by atoms with van der Waals surface area (Å²) in [7, 11) is 0. The summed E-state index contributed by atoms with van der Waals surface area (Å²) in [6, 6.07) is 0.484. The summed E-state index contributed by atoms with van der Waals surface area (Å²) in [5.41, 5.74) is 0.514. The molecule has 0 spiro atoms. The van der Waals surface area contributed by atoms with Crippen LogP contribution in [-0.4, -0.2) is 11.2 Å². The van der Waals surface area contributed by atoms with Crippen LogP contribution in [0.4, 0.5) is 0 Å². The molecule has 0 radical (unpaired) electrons. The van der Waals surface area contributed by atoms with E-state index in [2.05, 4.69) is 36.2 Å². The fourth-order valence-corrected chi connectivity index (χ4v) is 1.53. The summed E-state index contributed by atoms with van der Waals surface area (Å²) in [6.45, 7) is 4.50. The lowest BCUT2D eigenvalue weighted by molar-refractivity contribution is 0.157. The molecule has 0 aliphatic heterocycles. The molecule has 0 aromatic carbocycles. The number of rotatable bonds is 1. The Morgan fingerprint density at radius 1 is 1.56 bits per heavy atom. The molecule has 0 heterocycles. The minimum Gasteiger partial charge on any atom is -0.229 e. The summed E-state index contributed by atoms with van der Waals surface area (Å²) in [5.74, 6) is 0. The molecule has 0 atom stereocenters. The number of nitrogens with zero attached hydrogens (tertiary/aromatic N) is 1. The van der Waals surface area contributed by atoms with Gasteiger partial charge in [-0.1, -0.05) is 13.8 Å². The second kappa shape index (κ2) is 2.20. The molecule has 0 aromatic heterocycles. The molecule has 1 fully saturated rings. The molecular weight excluding hydrogens is 130 g/mol. The number of hydrogen-bond acceptors (Lipinski definition) is 2. The van der Waals surface area contributed by atoms with Crippen LogP contribution in [0.25, 0.3) is 0 Å². The summed E-state index contributed by atoms with van der Waals surface area (Å²) in [6.07, 6.45) is 2.35. The average Bonchev–Trinajstić information content (AvgIpc) is 1.62. The Morgan fingerprint density at radius 3 is 2.44 bits per heavy atom. The van der Waals surface area contributed by atoms with Crippen molar-refractivity contribution in [2.24, 2.45) is 10.4 Å². The zero-order chi connectivity index (χ0) is 6.91. The predicted octanol–water partition coefficient (Wildman–Crippen LogP) is 2.28. The van der Waals surface area contributed by atoms with Gasteiger partial charge in [-0.25, -0.2) is 4.99 Å². The van der Waals surface area contributed by atoms with Crippen molar-refractivity contribution in [3.63, 3.8) is 0 Å². The third kappa shape index (κ3) is 1.60. The van der Waals surface area contributed by atoms with Crippen molar-refractivity contribution in [2.75, 3.05) is 0 Å². The van der Waals surface area contributed by atoms with Gasteiger partial charge in [0.1, 0.15) is 0 Å². The highest BCUT2D eigenvalue weighted by Gasteiger charge is 2.35. The Kier molecular flexibility index (Phi) is 1.69. The van der Waals surface area contributed by atoms with Crippen LogP contribution in [0.3, 0.4) is 0 Å². The highest BCUT2D eigenvalue weighted by atomic mass is 32.1. The van der Waals surface area contributed by atoms with Crippen LogP contribution in [0.15, 0.2) is 4.99 Å². The smallest absolute Gasteiger partial charge is 0.0613 e. The van der Waals surface area contributed by atoms with Crippen molar-refractivity contribution in [3.8, 4) is 0 Å². The van der Waals surface area contributed by atoms with Gasteiger partial charge in [-0.2, -0.15) is 0 Å². The minimum atomic E-state index is 0.484. The molecule has 0 amide bonds. The number of aliphatic imine (C=N–C) groups is 1. The Hall–Kier alpha value is -0.200. The van der Waals surface area contributed by atoms with Crippen molar-refractivity contribution < 1.29 is 0 Å². The van der Waals surface area contributed by atoms with E-state index in [4.69, 9.17) is 0 Å². The van der Waals surface area contributed by atoms with Gasteiger partial charge in [0.15, 0.2) is 0 Å².